The van der Waals surface area contributed by atoms with Gasteiger partial charge in [-0.25, -0.2) is 0 Å². The highest BCUT2D eigenvalue weighted by Gasteiger charge is 2.20. The molecule has 1 heterocycles. The summed E-state index contributed by atoms with van der Waals surface area (Å²) in [5.41, 5.74) is 0.786. The average molecular weight is 357 g/mol. The minimum absolute atomic E-state index is 0.177. The summed E-state index contributed by atoms with van der Waals surface area (Å²) >= 11 is 0. The van der Waals surface area contributed by atoms with Gasteiger partial charge in [0.25, 0.3) is 5.91 Å². The largest absolute Gasteiger partial charge is 0.389 e. The Kier molecular flexibility index (Phi) is 5.26. The molecule has 136 valence electrons. The maximum absolute atomic E-state index is 12.5. The zero-order chi connectivity index (χ0) is 18.5. The molecule has 26 heavy (non-hydrogen) atoms. The lowest BCUT2D eigenvalue weighted by Crippen LogP contribution is -2.33. The quantitative estimate of drug-likeness (QED) is 0.606. The Labute approximate surface area is 149 Å². The summed E-state index contributed by atoms with van der Waals surface area (Å²) in [5.74, 6) is -0.971. The highest BCUT2D eigenvalue weighted by molar-refractivity contribution is 6.03. The molecule has 1 saturated carbocycles. The number of para-hydroxylation sites is 1. The van der Waals surface area contributed by atoms with Gasteiger partial charge in [-0.05, 0) is 29.9 Å². The van der Waals surface area contributed by atoms with Crippen LogP contribution in [0.4, 0.5) is 11.5 Å². The molecular weight excluding hydrogens is 338 g/mol. The Morgan fingerprint density at radius 1 is 1.23 bits per heavy atom. The van der Waals surface area contributed by atoms with Crippen molar-refractivity contribution >= 4 is 23.3 Å². The van der Waals surface area contributed by atoms with Gasteiger partial charge in [0.05, 0.1) is 28.6 Å². The van der Waals surface area contributed by atoms with Gasteiger partial charge in [0.15, 0.2) is 0 Å². The third kappa shape index (κ3) is 4.24. The fourth-order valence-corrected chi connectivity index (χ4v) is 3.00. The van der Waals surface area contributed by atoms with E-state index in [1.165, 1.54) is 16.9 Å². The van der Waals surface area contributed by atoms with Crippen LogP contribution in [-0.4, -0.2) is 32.6 Å². The van der Waals surface area contributed by atoms with E-state index in [1.807, 2.05) is 0 Å². The molecule has 0 spiro atoms. The molecule has 0 aliphatic heterocycles. The van der Waals surface area contributed by atoms with E-state index >= 15 is 0 Å². The smallest absolute Gasteiger partial charge is 0.358 e. The average Bonchev–Trinajstić information content (AvgIpc) is 3.27. The minimum Gasteiger partial charge on any atom is -0.358 e. The third-order valence-electron chi connectivity index (χ3n) is 4.26. The van der Waals surface area contributed by atoms with E-state index in [4.69, 9.17) is 0 Å². The zero-order valence-electron chi connectivity index (χ0n) is 14.1. The molecule has 1 aliphatic rings. The second-order valence-corrected chi connectivity index (χ2v) is 6.18. The van der Waals surface area contributed by atoms with Crippen LogP contribution in [0.15, 0.2) is 36.5 Å². The number of rotatable bonds is 6. The van der Waals surface area contributed by atoms with E-state index in [0.717, 1.165) is 25.7 Å². The molecular formula is C17H19N5O4. The van der Waals surface area contributed by atoms with Crippen LogP contribution in [0.5, 0.6) is 0 Å². The normalized spacial score (nSPS) is 14.2. The van der Waals surface area contributed by atoms with Gasteiger partial charge in [0.1, 0.15) is 6.54 Å². The number of nitrogens with one attached hydrogen (secondary N) is 2. The van der Waals surface area contributed by atoms with Gasteiger partial charge in [-0.1, -0.05) is 25.0 Å². The Bertz CT molecular complexity index is 826. The third-order valence-corrected chi connectivity index (χ3v) is 4.26. The molecule has 1 aromatic carbocycles. The highest BCUT2D eigenvalue weighted by Crippen LogP contribution is 2.20. The Morgan fingerprint density at radius 2 is 1.96 bits per heavy atom. The summed E-state index contributed by atoms with van der Waals surface area (Å²) in [5, 5.41) is 20.0. The van der Waals surface area contributed by atoms with Crippen molar-refractivity contribution in [3.05, 3.63) is 52.2 Å². The van der Waals surface area contributed by atoms with Gasteiger partial charge < -0.3 is 20.7 Å². The van der Waals surface area contributed by atoms with Crippen molar-refractivity contribution in [2.45, 2.75) is 38.3 Å². The molecule has 0 unspecified atom stereocenters. The van der Waals surface area contributed by atoms with Crippen molar-refractivity contribution in [1.29, 1.82) is 0 Å². The SMILES string of the molecule is O=C(Cn1ccc([N+](=O)[O-])n1)Nc1ccccc1C(=O)NC1CCCC1. The van der Waals surface area contributed by atoms with Crippen molar-refractivity contribution in [2.24, 2.45) is 0 Å². The number of hydrogen-bond acceptors (Lipinski definition) is 5. The first kappa shape index (κ1) is 17.6. The summed E-state index contributed by atoms with van der Waals surface area (Å²) in [7, 11) is 0. The number of nitrogens with zero attached hydrogens (tertiary/aromatic N) is 3. The van der Waals surface area contributed by atoms with Crippen molar-refractivity contribution in [3.63, 3.8) is 0 Å². The number of benzene rings is 1. The second kappa shape index (κ2) is 7.77. The Morgan fingerprint density at radius 3 is 2.65 bits per heavy atom. The molecule has 3 rings (SSSR count). The van der Waals surface area contributed by atoms with Crippen LogP contribution >= 0.6 is 0 Å². The van der Waals surface area contributed by atoms with E-state index in [9.17, 15) is 19.7 Å². The first-order chi connectivity index (χ1) is 12.5. The summed E-state index contributed by atoms with van der Waals surface area (Å²) in [6.45, 7) is -0.188. The molecule has 2 N–H and O–H groups in total. The van der Waals surface area contributed by atoms with Crippen LogP contribution in [0, 0.1) is 10.1 Å². The minimum atomic E-state index is -0.628. The summed E-state index contributed by atoms with van der Waals surface area (Å²) in [6, 6.07) is 8.15. The lowest BCUT2D eigenvalue weighted by molar-refractivity contribution is -0.389. The topological polar surface area (TPSA) is 119 Å². The number of carbonyl (C=O) groups is 2. The van der Waals surface area contributed by atoms with Crippen molar-refractivity contribution in [3.8, 4) is 0 Å². The maximum atomic E-state index is 12.5. The standard InChI is InChI=1S/C17H19N5O4/c23-16(11-21-10-9-15(20-21)22(25)26)19-14-8-4-3-7-13(14)17(24)18-12-5-1-2-6-12/h3-4,7-10,12H,1-2,5-6,11H2,(H,18,24)(H,19,23). The molecule has 2 aromatic rings. The van der Waals surface area contributed by atoms with Crippen molar-refractivity contribution < 1.29 is 14.5 Å². The van der Waals surface area contributed by atoms with E-state index < -0.39 is 10.8 Å². The predicted molar refractivity (Wildman–Crippen MR) is 93.7 cm³/mol. The molecule has 0 atom stereocenters. The molecule has 0 saturated heterocycles. The number of aromatic nitrogens is 2. The number of nitro groups is 1. The van der Waals surface area contributed by atoms with Gasteiger partial charge in [-0.3, -0.25) is 9.59 Å². The van der Waals surface area contributed by atoms with Gasteiger partial charge in [-0.15, -0.1) is 0 Å². The van der Waals surface area contributed by atoms with E-state index in [0.29, 0.717) is 11.3 Å². The van der Waals surface area contributed by atoms with Crippen LogP contribution in [0.25, 0.3) is 0 Å². The molecule has 9 nitrogen and oxygen atoms in total. The van der Waals surface area contributed by atoms with Crippen LogP contribution in [-0.2, 0) is 11.3 Å². The van der Waals surface area contributed by atoms with Crippen LogP contribution in [0.1, 0.15) is 36.0 Å². The predicted octanol–water partition coefficient (Wildman–Crippen LogP) is 2.10. The maximum Gasteiger partial charge on any atom is 0.389 e. The number of anilines is 1. The molecule has 0 radical (unpaired) electrons. The molecule has 1 fully saturated rings. The van der Waals surface area contributed by atoms with Gasteiger partial charge >= 0.3 is 5.82 Å². The van der Waals surface area contributed by atoms with E-state index in [2.05, 4.69) is 15.7 Å². The molecule has 2 amide bonds. The first-order valence-electron chi connectivity index (χ1n) is 8.40. The summed E-state index contributed by atoms with van der Waals surface area (Å²) < 4.78 is 1.18. The lowest BCUT2D eigenvalue weighted by Gasteiger charge is -2.14. The van der Waals surface area contributed by atoms with Gasteiger partial charge in [0.2, 0.25) is 5.91 Å². The Balaban J connectivity index is 1.65. The molecule has 1 aromatic heterocycles. The number of hydrogen-bond donors (Lipinski definition) is 2. The fourth-order valence-electron chi connectivity index (χ4n) is 3.00. The van der Waals surface area contributed by atoms with E-state index in [1.54, 1.807) is 24.3 Å². The number of amides is 2. The van der Waals surface area contributed by atoms with Crippen LogP contribution in [0.2, 0.25) is 0 Å². The fraction of sp³-hybridized carbons (Fsp3) is 0.353. The monoisotopic (exact) mass is 357 g/mol. The summed E-state index contributed by atoms with van der Waals surface area (Å²) in [6.07, 6.45) is 5.52. The summed E-state index contributed by atoms with van der Waals surface area (Å²) in [4.78, 5) is 34.7. The highest BCUT2D eigenvalue weighted by atomic mass is 16.6. The molecule has 9 heteroatoms. The molecule has 1 aliphatic carbocycles. The molecule has 0 bridgehead atoms. The zero-order valence-corrected chi connectivity index (χ0v) is 14.1. The van der Waals surface area contributed by atoms with Crippen molar-refractivity contribution in [1.82, 2.24) is 15.1 Å². The Hall–Kier alpha value is -3.23. The van der Waals surface area contributed by atoms with E-state index in [-0.39, 0.29) is 24.3 Å². The second-order valence-electron chi connectivity index (χ2n) is 6.18. The van der Waals surface area contributed by atoms with Gasteiger partial charge in [-0.2, -0.15) is 4.68 Å². The van der Waals surface area contributed by atoms with Gasteiger partial charge in [0, 0.05) is 6.04 Å². The van der Waals surface area contributed by atoms with Crippen LogP contribution in [0.3, 0.4) is 0 Å². The lowest BCUT2D eigenvalue weighted by atomic mass is 10.1. The number of carbonyl (C=O) groups excluding carboxylic acids is 2. The van der Waals surface area contributed by atoms with Crippen molar-refractivity contribution in [2.75, 3.05) is 5.32 Å². The first-order valence-corrected chi connectivity index (χ1v) is 8.40. The van der Waals surface area contributed by atoms with Crippen LogP contribution < -0.4 is 10.6 Å².